The normalized spacial score (nSPS) is 13.0. The summed E-state index contributed by atoms with van der Waals surface area (Å²) in [5, 5.41) is 14.2. The number of nitrogens with one attached hydrogen (secondary N) is 1. The Morgan fingerprint density at radius 2 is 2.19 bits per heavy atom. The number of hydrogen-bond acceptors (Lipinski definition) is 5. The van der Waals surface area contributed by atoms with Gasteiger partial charge in [-0.3, -0.25) is 10.1 Å². The number of thiophene rings is 1. The van der Waals surface area contributed by atoms with Crippen LogP contribution in [0.5, 0.6) is 5.75 Å². The number of rotatable bonds is 5. The molecule has 1 N–H and O–H groups in total. The lowest BCUT2D eigenvalue weighted by Gasteiger charge is -2.07. The number of aryl methyl sites for hydroxylation is 2. The molecule has 2 aromatic rings. The molecule has 0 spiro atoms. The number of fused-ring (bicyclic) bond motifs is 1. The highest BCUT2D eigenvalue weighted by Crippen LogP contribution is 2.31. The van der Waals surface area contributed by atoms with Gasteiger partial charge in [-0.2, -0.15) is 0 Å². The van der Waals surface area contributed by atoms with Crippen molar-refractivity contribution in [3.8, 4) is 5.75 Å². The molecule has 1 aromatic carbocycles. The Kier molecular flexibility index (Phi) is 3.79. The van der Waals surface area contributed by atoms with Crippen LogP contribution in [0.2, 0.25) is 0 Å². The van der Waals surface area contributed by atoms with Crippen LogP contribution in [-0.4, -0.2) is 12.0 Å². The van der Waals surface area contributed by atoms with Gasteiger partial charge in [0.1, 0.15) is 5.75 Å². The molecule has 0 radical (unpaired) electrons. The third-order valence-electron chi connectivity index (χ3n) is 3.60. The summed E-state index contributed by atoms with van der Waals surface area (Å²) in [6, 6.07) is 6.97. The van der Waals surface area contributed by atoms with E-state index >= 15 is 0 Å². The fourth-order valence-corrected chi connectivity index (χ4v) is 3.78. The lowest BCUT2D eigenvalue weighted by Crippen LogP contribution is -1.99. The molecule has 3 rings (SSSR count). The standard InChI is InChI=1S/C15H16N2O3S/c1-20-13-7-11(6-12(8-13)17(18)19)16-9-14-5-10-3-2-4-15(10)21-14/h5-8,16H,2-4,9H2,1H3. The predicted molar refractivity (Wildman–Crippen MR) is 83.3 cm³/mol. The molecule has 0 amide bonds. The number of hydrogen-bond donors (Lipinski definition) is 1. The maximum Gasteiger partial charge on any atom is 0.275 e. The Labute approximate surface area is 126 Å². The van der Waals surface area contributed by atoms with Crippen LogP contribution in [0.25, 0.3) is 0 Å². The van der Waals surface area contributed by atoms with E-state index in [2.05, 4.69) is 11.4 Å². The van der Waals surface area contributed by atoms with Crippen molar-refractivity contribution < 1.29 is 9.66 Å². The van der Waals surface area contributed by atoms with Gasteiger partial charge in [0.2, 0.25) is 0 Å². The molecule has 1 heterocycles. The average molecular weight is 304 g/mol. The predicted octanol–water partition coefficient (Wildman–Crippen LogP) is 3.77. The van der Waals surface area contributed by atoms with Crippen molar-refractivity contribution in [2.24, 2.45) is 0 Å². The molecule has 110 valence electrons. The average Bonchev–Trinajstić information content (AvgIpc) is 3.05. The van der Waals surface area contributed by atoms with E-state index in [-0.39, 0.29) is 5.69 Å². The summed E-state index contributed by atoms with van der Waals surface area (Å²) in [6.07, 6.45) is 3.62. The van der Waals surface area contributed by atoms with Crippen LogP contribution >= 0.6 is 11.3 Å². The molecule has 0 unspecified atom stereocenters. The van der Waals surface area contributed by atoms with Crippen molar-refractivity contribution in [2.75, 3.05) is 12.4 Å². The number of anilines is 1. The monoisotopic (exact) mass is 304 g/mol. The molecular weight excluding hydrogens is 288 g/mol. The first-order chi connectivity index (χ1) is 10.2. The zero-order valence-electron chi connectivity index (χ0n) is 11.7. The van der Waals surface area contributed by atoms with Crippen LogP contribution in [0, 0.1) is 10.1 Å². The fourth-order valence-electron chi connectivity index (χ4n) is 2.58. The van der Waals surface area contributed by atoms with Crippen molar-refractivity contribution in [1.82, 2.24) is 0 Å². The van der Waals surface area contributed by atoms with Gasteiger partial charge in [-0.05, 0) is 30.9 Å². The molecule has 0 saturated heterocycles. The molecule has 1 aliphatic carbocycles. The van der Waals surface area contributed by atoms with Gasteiger partial charge in [-0.25, -0.2) is 0 Å². The molecule has 21 heavy (non-hydrogen) atoms. The summed E-state index contributed by atoms with van der Waals surface area (Å²) in [6.45, 7) is 0.683. The topological polar surface area (TPSA) is 64.4 Å². The first-order valence-corrected chi connectivity index (χ1v) is 7.65. The number of benzene rings is 1. The maximum atomic E-state index is 10.9. The third-order valence-corrected chi connectivity index (χ3v) is 4.84. The van der Waals surface area contributed by atoms with E-state index in [4.69, 9.17) is 4.74 Å². The number of nitro groups is 1. The quantitative estimate of drug-likeness (QED) is 0.674. The number of ether oxygens (including phenoxy) is 1. The maximum absolute atomic E-state index is 10.9. The summed E-state index contributed by atoms with van der Waals surface area (Å²) in [5.41, 5.74) is 2.20. The van der Waals surface area contributed by atoms with E-state index < -0.39 is 4.92 Å². The molecule has 0 saturated carbocycles. The van der Waals surface area contributed by atoms with Crippen molar-refractivity contribution in [1.29, 1.82) is 0 Å². The zero-order chi connectivity index (χ0) is 14.8. The molecule has 5 nitrogen and oxygen atoms in total. The molecule has 1 aromatic heterocycles. The Balaban J connectivity index is 1.74. The molecule has 1 aliphatic rings. The Morgan fingerprint density at radius 3 is 2.90 bits per heavy atom. The number of methoxy groups -OCH3 is 1. The lowest BCUT2D eigenvalue weighted by molar-refractivity contribution is -0.384. The van der Waals surface area contributed by atoms with Crippen molar-refractivity contribution in [3.63, 3.8) is 0 Å². The van der Waals surface area contributed by atoms with Crippen LogP contribution in [-0.2, 0) is 19.4 Å². The summed E-state index contributed by atoms with van der Waals surface area (Å²) >= 11 is 1.83. The van der Waals surface area contributed by atoms with Gasteiger partial charge in [0, 0.05) is 34.1 Å². The second-order valence-electron chi connectivity index (χ2n) is 5.05. The zero-order valence-corrected chi connectivity index (χ0v) is 12.5. The molecule has 0 atom stereocenters. The Morgan fingerprint density at radius 1 is 1.33 bits per heavy atom. The van der Waals surface area contributed by atoms with Gasteiger partial charge in [-0.15, -0.1) is 11.3 Å². The SMILES string of the molecule is COc1cc(NCc2cc3c(s2)CCC3)cc([N+](=O)[O-])c1. The van der Waals surface area contributed by atoms with E-state index in [1.54, 1.807) is 6.07 Å². The van der Waals surface area contributed by atoms with Gasteiger partial charge in [0.15, 0.2) is 0 Å². The van der Waals surface area contributed by atoms with Crippen LogP contribution in [0.15, 0.2) is 24.3 Å². The number of non-ortho nitro benzene ring substituents is 1. The van der Waals surface area contributed by atoms with Crippen molar-refractivity contribution in [2.45, 2.75) is 25.8 Å². The summed E-state index contributed by atoms with van der Waals surface area (Å²) in [4.78, 5) is 13.3. The molecule has 6 heteroatoms. The second kappa shape index (κ2) is 5.73. The summed E-state index contributed by atoms with van der Waals surface area (Å²) < 4.78 is 5.11. The summed E-state index contributed by atoms with van der Waals surface area (Å²) in [7, 11) is 1.51. The highest BCUT2D eigenvalue weighted by molar-refractivity contribution is 7.12. The minimum atomic E-state index is -0.409. The highest BCUT2D eigenvalue weighted by atomic mass is 32.1. The third kappa shape index (κ3) is 3.00. The van der Waals surface area contributed by atoms with Crippen LogP contribution in [0.4, 0.5) is 11.4 Å². The largest absolute Gasteiger partial charge is 0.496 e. The molecule has 0 aliphatic heterocycles. The van der Waals surface area contributed by atoms with Gasteiger partial charge in [0.05, 0.1) is 18.1 Å². The first kappa shape index (κ1) is 13.9. The minimum absolute atomic E-state index is 0.0329. The van der Waals surface area contributed by atoms with E-state index in [0.29, 0.717) is 18.0 Å². The van der Waals surface area contributed by atoms with E-state index in [1.165, 1.54) is 53.8 Å². The van der Waals surface area contributed by atoms with Gasteiger partial charge >= 0.3 is 0 Å². The Hall–Kier alpha value is -2.08. The lowest BCUT2D eigenvalue weighted by atomic mass is 10.2. The molecule has 0 bridgehead atoms. The second-order valence-corrected chi connectivity index (χ2v) is 6.27. The van der Waals surface area contributed by atoms with Gasteiger partial charge in [0.25, 0.3) is 5.69 Å². The first-order valence-electron chi connectivity index (χ1n) is 6.83. The number of nitrogens with zero attached hydrogens (tertiary/aromatic N) is 1. The smallest absolute Gasteiger partial charge is 0.275 e. The van der Waals surface area contributed by atoms with E-state index in [0.717, 1.165) is 0 Å². The van der Waals surface area contributed by atoms with E-state index in [1.807, 2.05) is 11.3 Å². The van der Waals surface area contributed by atoms with Crippen molar-refractivity contribution in [3.05, 3.63) is 49.7 Å². The molecular formula is C15H16N2O3S. The van der Waals surface area contributed by atoms with Gasteiger partial charge in [-0.1, -0.05) is 0 Å². The highest BCUT2D eigenvalue weighted by Gasteiger charge is 2.15. The van der Waals surface area contributed by atoms with Crippen LogP contribution < -0.4 is 10.1 Å². The number of nitro benzene ring substituents is 1. The molecule has 0 fully saturated rings. The summed E-state index contributed by atoms with van der Waals surface area (Å²) in [5.74, 6) is 0.486. The van der Waals surface area contributed by atoms with Crippen LogP contribution in [0.3, 0.4) is 0 Å². The van der Waals surface area contributed by atoms with Gasteiger partial charge < -0.3 is 10.1 Å². The van der Waals surface area contributed by atoms with E-state index in [9.17, 15) is 10.1 Å². The Bertz CT molecular complexity index is 660. The van der Waals surface area contributed by atoms with Crippen LogP contribution in [0.1, 0.15) is 21.7 Å². The van der Waals surface area contributed by atoms with Crippen molar-refractivity contribution >= 4 is 22.7 Å². The minimum Gasteiger partial charge on any atom is -0.496 e. The fraction of sp³-hybridized carbons (Fsp3) is 0.333.